The lowest BCUT2D eigenvalue weighted by molar-refractivity contribution is -0.128. The molecule has 0 aliphatic carbocycles. The average Bonchev–Trinajstić information content (AvgIpc) is 2.59. The van der Waals surface area contributed by atoms with Crippen molar-refractivity contribution >= 4 is 21.6 Å². The minimum Gasteiger partial charge on any atom is -0.340 e. The van der Waals surface area contributed by atoms with Crippen LogP contribution in [0.5, 0.6) is 0 Å². The molecule has 2 aromatic carbocycles. The normalized spacial score (nSPS) is 11.4. The van der Waals surface area contributed by atoms with Crippen LogP contribution < -0.4 is 4.31 Å². The molecule has 0 aliphatic heterocycles. The Balaban J connectivity index is 2.16. The molecule has 0 spiro atoms. The minimum atomic E-state index is -3.57. The van der Waals surface area contributed by atoms with E-state index in [1.807, 2.05) is 42.5 Å². The van der Waals surface area contributed by atoms with Gasteiger partial charge in [-0.2, -0.15) is 0 Å². The molecule has 0 saturated carbocycles. The molecule has 26 heavy (non-hydrogen) atoms. The highest BCUT2D eigenvalue weighted by Crippen LogP contribution is 2.22. The van der Waals surface area contributed by atoms with Crippen LogP contribution in [-0.4, -0.2) is 39.1 Å². The molecule has 0 unspecified atom stereocenters. The number of hydrogen-bond donors (Lipinski definition) is 0. The molecule has 0 aromatic heterocycles. The largest absolute Gasteiger partial charge is 0.340 e. The molecule has 6 heteroatoms. The van der Waals surface area contributed by atoms with Crippen molar-refractivity contribution in [3.05, 3.63) is 65.7 Å². The van der Waals surface area contributed by atoms with Crippen LogP contribution in [0.3, 0.4) is 0 Å². The molecular formula is C20H26N2O3S. The number of likely N-dealkylation sites (N-methyl/N-ethyl adjacent to an activating group) is 1. The van der Waals surface area contributed by atoms with E-state index in [9.17, 15) is 13.2 Å². The monoisotopic (exact) mass is 374 g/mol. The fourth-order valence-electron chi connectivity index (χ4n) is 2.61. The lowest BCUT2D eigenvalue weighted by Gasteiger charge is -2.25. The minimum absolute atomic E-state index is 0.219. The summed E-state index contributed by atoms with van der Waals surface area (Å²) < 4.78 is 25.6. The fraction of sp³-hybridized carbons (Fsp3) is 0.350. The third-order valence-electron chi connectivity index (χ3n) is 4.22. The van der Waals surface area contributed by atoms with E-state index in [-0.39, 0.29) is 12.5 Å². The Bertz CT molecular complexity index is 831. The van der Waals surface area contributed by atoms with Crippen LogP contribution in [0.25, 0.3) is 0 Å². The molecule has 0 N–H and O–H groups in total. The molecule has 0 heterocycles. The highest BCUT2D eigenvalue weighted by molar-refractivity contribution is 7.92. The molecule has 0 bridgehead atoms. The van der Waals surface area contributed by atoms with Crippen molar-refractivity contribution in [1.82, 2.24) is 4.90 Å². The van der Waals surface area contributed by atoms with Crippen LogP contribution >= 0.6 is 0 Å². The van der Waals surface area contributed by atoms with Crippen molar-refractivity contribution in [2.24, 2.45) is 0 Å². The molecule has 0 fully saturated rings. The van der Waals surface area contributed by atoms with Crippen LogP contribution in [0.2, 0.25) is 0 Å². The number of nitrogens with zero attached hydrogens (tertiary/aromatic N) is 2. The van der Waals surface area contributed by atoms with Gasteiger partial charge in [-0.1, -0.05) is 56.3 Å². The number of carbonyl (C=O) groups excluding carboxylic acids is 1. The van der Waals surface area contributed by atoms with E-state index in [2.05, 4.69) is 13.8 Å². The molecule has 0 aliphatic rings. The van der Waals surface area contributed by atoms with E-state index in [1.165, 1.54) is 4.90 Å². The lowest BCUT2D eigenvalue weighted by Crippen LogP contribution is -2.41. The number of carbonyl (C=O) groups is 1. The van der Waals surface area contributed by atoms with E-state index >= 15 is 0 Å². The number of hydrogen-bond acceptors (Lipinski definition) is 3. The maximum absolute atomic E-state index is 12.6. The summed E-state index contributed by atoms with van der Waals surface area (Å²) in [6.45, 7) is 4.36. The smallest absolute Gasteiger partial charge is 0.243 e. The number of rotatable bonds is 7. The molecule has 0 atom stereocenters. The van der Waals surface area contributed by atoms with Gasteiger partial charge in [-0.15, -0.1) is 0 Å². The third-order valence-corrected chi connectivity index (χ3v) is 5.36. The lowest BCUT2D eigenvalue weighted by atomic mass is 10.0. The van der Waals surface area contributed by atoms with Crippen molar-refractivity contribution in [3.8, 4) is 0 Å². The SMILES string of the molecule is CC(C)c1ccc(N(CC(=O)N(C)Cc2ccccc2)S(C)(=O)=O)cc1. The van der Waals surface area contributed by atoms with Gasteiger partial charge in [0.05, 0.1) is 11.9 Å². The van der Waals surface area contributed by atoms with E-state index in [1.54, 1.807) is 19.2 Å². The van der Waals surface area contributed by atoms with Crippen molar-refractivity contribution in [1.29, 1.82) is 0 Å². The molecule has 2 aromatic rings. The molecular weight excluding hydrogens is 348 g/mol. The third kappa shape index (κ3) is 5.33. The zero-order chi connectivity index (χ0) is 19.3. The van der Waals surface area contributed by atoms with E-state index < -0.39 is 10.0 Å². The Morgan fingerprint density at radius 3 is 2.08 bits per heavy atom. The van der Waals surface area contributed by atoms with Gasteiger partial charge in [0.2, 0.25) is 15.9 Å². The van der Waals surface area contributed by atoms with E-state index in [0.29, 0.717) is 18.2 Å². The average molecular weight is 375 g/mol. The quantitative estimate of drug-likeness (QED) is 0.748. The molecule has 5 nitrogen and oxygen atoms in total. The predicted octanol–water partition coefficient (Wildman–Crippen LogP) is 3.23. The zero-order valence-corrected chi connectivity index (χ0v) is 16.5. The van der Waals surface area contributed by atoms with Crippen LogP contribution in [0.4, 0.5) is 5.69 Å². The summed E-state index contributed by atoms with van der Waals surface area (Å²) in [4.78, 5) is 14.1. The second-order valence-electron chi connectivity index (χ2n) is 6.75. The van der Waals surface area contributed by atoms with Gasteiger partial charge in [0.25, 0.3) is 0 Å². The van der Waals surface area contributed by atoms with Gasteiger partial charge in [0.15, 0.2) is 0 Å². The van der Waals surface area contributed by atoms with Crippen LogP contribution in [-0.2, 0) is 21.4 Å². The number of amides is 1. The fourth-order valence-corrected chi connectivity index (χ4v) is 3.46. The van der Waals surface area contributed by atoms with Gasteiger partial charge >= 0.3 is 0 Å². The Morgan fingerprint density at radius 1 is 1.00 bits per heavy atom. The molecule has 0 saturated heterocycles. The molecule has 140 valence electrons. The maximum atomic E-state index is 12.6. The standard InChI is InChI=1S/C20H26N2O3S/c1-16(2)18-10-12-19(13-11-18)22(26(4,24)25)15-20(23)21(3)14-17-8-6-5-7-9-17/h5-13,16H,14-15H2,1-4H3. The first-order valence-electron chi connectivity index (χ1n) is 8.54. The van der Waals surface area contributed by atoms with Crippen LogP contribution in [0.15, 0.2) is 54.6 Å². The highest BCUT2D eigenvalue weighted by Gasteiger charge is 2.22. The Labute approximate surface area is 156 Å². The Hall–Kier alpha value is -2.34. The van der Waals surface area contributed by atoms with Crippen LogP contribution in [0, 0.1) is 0 Å². The first-order valence-corrected chi connectivity index (χ1v) is 10.4. The van der Waals surface area contributed by atoms with Gasteiger partial charge in [0.1, 0.15) is 6.54 Å². The molecule has 2 rings (SSSR count). The van der Waals surface area contributed by atoms with E-state index in [4.69, 9.17) is 0 Å². The second-order valence-corrected chi connectivity index (χ2v) is 8.66. The summed E-state index contributed by atoms with van der Waals surface area (Å²) in [6, 6.07) is 16.9. The first-order chi connectivity index (χ1) is 12.2. The van der Waals surface area contributed by atoms with Gasteiger partial charge in [0, 0.05) is 13.6 Å². The number of anilines is 1. The Morgan fingerprint density at radius 2 is 1.58 bits per heavy atom. The Kier molecular flexibility index (Phi) is 6.42. The van der Waals surface area contributed by atoms with Gasteiger partial charge < -0.3 is 4.90 Å². The maximum Gasteiger partial charge on any atom is 0.243 e. The van der Waals surface area contributed by atoms with Gasteiger partial charge in [-0.3, -0.25) is 9.10 Å². The van der Waals surface area contributed by atoms with Crippen molar-refractivity contribution in [2.45, 2.75) is 26.3 Å². The summed E-state index contributed by atoms with van der Waals surface area (Å²) in [7, 11) is -1.89. The van der Waals surface area contributed by atoms with Crippen molar-refractivity contribution < 1.29 is 13.2 Å². The number of benzene rings is 2. The summed E-state index contributed by atoms with van der Waals surface area (Å²) in [5.74, 6) is 0.0987. The summed E-state index contributed by atoms with van der Waals surface area (Å²) in [5, 5.41) is 0. The summed E-state index contributed by atoms with van der Waals surface area (Å²) in [6.07, 6.45) is 1.12. The van der Waals surface area contributed by atoms with Gasteiger partial charge in [-0.25, -0.2) is 8.42 Å². The molecule has 1 amide bonds. The zero-order valence-electron chi connectivity index (χ0n) is 15.7. The highest BCUT2D eigenvalue weighted by atomic mass is 32.2. The number of sulfonamides is 1. The second kappa shape index (κ2) is 8.36. The van der Waals surface area contributed by atoms with Crippen molar-refractivity contribution in [2.75, 3.05) is 24.2 Å². The topological polar surface area (TPSA) is 57.7 Å². The summed E-state index contributed by atoms with van der Waals surface area (Å²) in [5.41, 5.74) is 2.61. The first kappa shape index (κ1) is 20.0. The van der Waals surface area contributed by atoms with Gasteiger partial charge in [-0.05, 0) is 29.2 Å². The molecule has 0 radical (unpaired) electrons. The van der Waals surface area contributed by atoms with Crippen molar-refractivity contribution in [3.63, 3.8) is 0 Å². The predicted molar refractivity (Wildman–Crippen MR) is 106 cm³/mol. The summed E-state index contributed by atoms with van der Waals surface area (Å²) >= 11 is 0. The van der Waals surface area contributed by atoms with E-state index in [0.717, 1.165) is 21.7 Å². The van der Waals surface area contributed by atoms with Crippen LogP contribution in [0.1, 0.15) is 30.9 Å².